The second-order valence-corrected chi connectivity index (χ2v) is 4.87. The van der Waals surface area contributed by atoms with Gasteiger partial charge in [0.25, 0.3) is 0 Å². The Labute approximate surface area is 106 Å². The quantitative estimate of drug-likeness (QED) is 0.638. The summed E-state index contributed by atoms with van der Waals surface area (Å²) in [7, 11) is 2.05. The summed E-state index contributed by atoms with van der Waals surface area (Å²) in [6.07, 6.45) is 12.3. The Morgan fingerprint density at radius 1 is 1.18 bits per heavy atom. The molecule has 0 spiro atoms. The minimum atomic E-state index is 0.525. The van der Waals surface area contributed by atoms with Crippen molar-refractivity contribution >= 4 is 0 Å². The SMILES string of the molecule is CCCCCCn1ccc(C(CCC)NC)c1. The monoisotopic (exact) mass is 236 g/mol. The van der Waals surface area contributed by atoms with Crippen molar-refractivity contribution in [3.8, 4) is 0 Å². The largest absolute Gasteiger partial charge is 0.354 e. The number of nitrogens with zero attached hydrogens (tertiary/aromatic N) is 1. The maximum atomic E-state index is 3.40. The molecule has 1 unspecified atom stereocenters. The van der Waals surface area contributed by atoms with Crippen LogP contribution in [0, 0.1) is 0 Å². The molecule has 2 heteroatoms. The van der Waals surface area contributed by atoms with Gasteiger partial charge >= 0.3 is 0 Å². The van der Waals surface area contributed by atoms with Crippen molar-refractivity contribution in [2.24, 2.45) is 0 Å². The Kier molecular flexibility index (Phi) is 7.02. The van der Waals surface area contributed by atoms with Crippen LogP contribution >= 0.6 is 0 Å². The van der Waals surface area contributed by atoms with Crippen LogP contribution in [-0.2, 0) is 6.54 Å². The highest BCUT2D eigenvalue weighted by Crippen LogP contribution is 2.18. The summed E-state index contributed by atoms with van der Waals surface area (Å²) < 4.78 is 2.34. The van der Waals surface area contributed by atoms with Gasteiger partial charge < -0.3 is 9.88 Å². The second kappa shape index (κ2) is 8.35. The van der Waals surface area contributed by atoms with Gasteiger partial charge in [0.2, 0.25) is 0 Å². The molecule has 1 N–H and O–H groups in total. The minimum absolute atomic E-state index is 0.525. The predicted molar refractivity (Wildman–Crippen MR) is 75.3 cm³/mol. The maximum Gasteiger partial charge on any atom is 0.0332 e. The van der Waals surface area contributed by atoms with Crippen LogP contribution in [0.3, 0.4) is 0 Å². The van der Waals surface area contributed by atoms with E-state index in [1.54, 1.807) is 0 Å². The molecule has 0 aromatic carbocycles. The van der Waals surface area contributed by atoms with Crippen LogP contribution in [0.25, 0.3) is 0 Å². The highest BCUT2D eigenvalue weighted by molar-refractivity contribution is 5.15. The molecule has 0 bridgehead atoms. The van der Waals surface area contributed by atoms with Crippen LogP contribution in [0.2, 0.25) is 0 Å². The fourth-order valence-corrected chi connectivity index (χ4v) is 2.29. The third kappa shape index (κ3) is 4.95. The molecule has 1 aromatic heterocycles. The van der Waals surface area contributed by atoms with Gasteiger partial charge in [-0.25, -0.2) is 0 Å². The van der Waals surface area contributed by atoms with Gasteiger partial charge in [0.1, 0.15) is 0 Å². The average molecular weight is 236 g/mol. The molecule has 1 aromatic rings. The Hall–Kier alpha value is -0.760. The molecule has 1 rings (SSSR count). The van der Waals surface area contributed by atoms with E-state index < -0.39 is 0 Å². The molecular formula is C15H28N2. The maximum absolute atomic E-state index is 3.40. The van der Waals surface area contributed by atoms with Crippen LogP contribution in [-0.4, -0.2) is 11.6 Å². The fourth-order valence-electron chi connectivity index (χ4n) is 2.29. The number of unbranched alkanes of at least 4 members (excludes halogenated alkanes) is 3. The number of hydrogen-bond acceptors (Lipinski definition) is 1. The first-order valence-electron chi connectivity index (χ1n) is 7.14. The molecule has 0 radical (unpaired) electrons. The molecule has 0 saturated heterocycles. The van der Waals surface area contributed by atoms with Gasteiger partial charge in [0.05, 0.1) is 0 Å². The zero-order chi connectivity index (χ0) is 12.5. The molecule has 0 aliphatic heterocycles. The van der Waals surface area contributed by atoms with Crippen molar-refractivity contribution in [3.63, 3.8) is 0 Å². The van der Waals surface area contributed by atoms with E-state index in [1.165, 1.54) is 50.6 Å². The standard InChI is InChI=1S/C15H28N2/c1-4-6-7-8-11-17-12-10-14(13-17)15(16-3)9-5-2/h10,12-13,15-16H,4-9,11H2,1-3H3. The van der Waals surface area contributed by atoms with Crippen molar-refractivity contribution in [2.75, 3.05) is 7.05 Å². The lowest BCUT2D eigenvalue weighted by Crippen LogP contribution is -2.15. The summed E-state index contributed by atoms with van der Waals surface area (Å²) in [5, 5.41) is 3.40. The molecule has 0 saturated carbocycles. The van der Waals surface area contributed by atoms with E-state index in [0.717, 1.165) is 0 Å². The van der Waals surface area contributed by atoms with E-state index in [2.05, 4.69) is 49.2 Å². The summed E-state index contributed by atoms with van der Waals surface area (Å²) >= 11 is 0. The summed E-state index contributed by atoms with van der Waals surface area (Å²) in [6, 6.07) is 2.79. The molecule has 1 heterocycles. The number of aryl methyl sites for hydroxylation is 1. The lowest BCUT2D eigenvalue weighted by molar-refractivity contribution is 0.537. The van der Waals surface area contributed by atoms with Crippen molar-refractivity contribution in [1.29, 1.82) is 0 Å². The summed E-state index contributed by atoms with van der Waals surface area (Å²) in [5.41, 5.74) is 1.44. The molecule has 0 amide bonds. The number of rotatable bonds is 9. The molecule has 1 atom stereocenters. The van der Waals surface area contributed by atoms with Crippen LogP contribution in [0.15, 0.2) is 18.5 Å². The fraction of sp³-hybridized carbons (Fsp3) is 0.733. The highest BCUT2D eigenvalue weighted by atomic mass is 14.9. The topological polar surface area (TPSA) is 17.0 Å². The van der Waals surface area contributed by atoms with Gasteiger partial charge in [-0.2, -0.15) is 0 Å². The van der Waals surface area contributed by atoms with Gasteiger partial charge in [0, 0.05) is 25.0 Å². The predicted octanol–water partition coefficient (Wildman–Crippen LogP) is 4.13. The van der Waals surface area contributed by atoms with E-state index >= 15 is 0 Å². The highest BCUT2D eigenvalue weighted by Gasteiger charge is 2.08. The van der Waals surface area contributed by atoms with Crippen LogP contribution in [0.1, 0.15) is 64.0 Å². The van der Waals surface area contributed by atoms with Gasteiger partial charge in [-0.3, -0.25) is 0 Å². The Balaban J connectivity index is 2.40. The van der Waals surface area contributed by atoms with E-state index in [0.29, 0.717) is 6.04 Å². The van der Waals surface area contributed by atoms with Crippen molar-refractivity contribution < 1.29 is 0 Å². The van der Waals surface area contributed by atoms with Crippen molar-refractivity contribution in [2.45, 2.75) is 65.0 Å². The zero-order valence-corrected chi connectivity index (χ0v) is 11.7. The first kappa shape index (κ1) is 14.3. The lowest BCUT2D eigenvalue weighted by Gasteiger charge is -2.13. The Morgan fingerprint density at radius 2 is 2.00 bits per heavy atom. The zero-order valence-electron chi connectivity index (χ0n) is 11.7. The first-order chi connectivity index (χ1) is 8.31. The molecule has 0 aliphatic carbocycles. The normalized spacial score (nSPS) is 12.9. The number of hydrogen-bond donors (Lipinski definition) is 1. The second-order valence-electron chi connectivity index (χ2n) is 4.87. The van der Waals surface area contributed by atoms with Crippen molar-refractivity contribution in [3.05, 3.63) is 24.0 Å². The molecule has 0 fully saturated rings. The van der Waals surface area contributed by atoms with E-state index in [-0.39, 0.29) is 0 Å². The number of nitrogens with one attached hydrogen (secondary N) is 1. The van der Waals surface area contributed by atoms with Gasteiger partial charge in [-0.15, -0.1) is 0 Å². The Morgan fingerprint density at radius 3 is 2.65 bits per heavy atom. The molecule has 0 aliphatic rings. The van der Waals surface area contributed by atoms with Gasteiger partial charge in [-0.05, 0) is 31.5 Å². The average Bonchev–Trinajstić information content (AvgIpc) is 2.80. The third-order valence-corrected chi connectivity index (χ3v) is 3.37. The smallest absolute Gasteiger partial charge is 0.0332 e. The first-order valence-corrected chi connectivity index (χ1v) is 7.14. The van der Waals surface area contributed by atoms with Crippen LogP contribution in [0.5, 0.6) is 0 Å². The van der Waals surface area contributed by atoms with Gasteiger partial charge in [-0.1, -0.05) is 39.5 Å². The van der Waals surface area contributed by atoms with E-state index in [9.17, 15) is 0 Å². The third-order valence-electron chi connectivity index (χ3n) is 3.37. The molecule has 17 heavy (non-hydrogen) atoms. The van der Waals surface area contributed by atoms with E-state index in [1.807, 2.05) is 0 Å². The molecular weight excluding hydrogens is 208 g/mol. The van der Waals surface area contributed by atoms with Gasteiger partial charge in [0.15, 0.2) is 0 Å². The molecule has 98 valence electrons. The number of aromatic nitrogens is 1. The van der Waals surface area contributed by atoms with Crippen LogP contribution < -0.4 is 5.32 Å². The minimum Gasteiger partial charge on any atom is -0.354 e. The Bertz CT molecular complexity index is 291. The summed E-state index contributed by atoms with van der Waals surface area (Å²) in [5.74, 6) is 0. The van der Waals surface area contributed by atoms with Crippen molar-refractivity contribution in [1.82, 2.24) is 9.88 Å². The summed E-state index contributed by atoms with van der Waals surface area (Å²) in [6.45, 7) is 5.67. The van der Waals surface area contributed by atoms with Crippen LogP contribution in [0.4, 0.5) is 0 Å². The summed E-state index contributed by atoms with van der Waals surface area (Å²) in [4.78, 5) is 0. The molecule has 2 nitrogen and oxygen atoms in total. The lowest BCUT2D eigenvalue weighted by atomic mass is 10.1. The van der Waals surface area contributed by atoms with E-state index in [4.69, 9.17) is 0 Å².